The van der Waals surface area contributed by atoms with Crippen molar-refractivity contribution in [3.63, 3.8) is 0 Å². The van der Waals surface area contributed by atoms with Gasteiger partial charge in [-0.05, 0) is 18.2 Å². The number of hydrogen-bond donors (Lipinski definition) is 2. The number of nitrogens with zero attached hydrogens (tertiary/aromatic N) is 2. The van der Waals surface area contributed by atoms with Crippen molar-refractivity contribution in [1.82, 2.24) is 5.43 Å². The van der Waals surface area contributed by atoms with Crippen molar-refractivity contribution in [2.24, 2.45) is 10.8 Å². The average Bonchev–Trinajstić information content (AvgIpc) is 2.91. The first-order chi connectivity index (χ1) is 11.0. The van der Waals surface area contributed by atoms with Gasteiger partial charge in [-0.15, -0.1) is 0 Å². The average molecular weight is 342 g/mol. The van der Waals surface area contributed by atoms with Gasteiger partial charge in [-0.25, -0.2) is 19.0 Å². The molecule has 3 N–H and O–H groups in total. The normalized spacial score (nSPS) is 24.3. The summed E-state index contributed by atoms with van der Waals surface area (Å²) in [7, 11) is 0. The number of thioether (sulfide) groups is 1. The van der Waals surface area contributed by atoms with E-state index in [-0.39, 0.29) is 23.7 Å². The highest BCUT2D eigenvalue weighted by atomic mass is 32.2. The molecule has 0 spiro atoms. The molecule has 0 saturated carbocycles. The quantitative estimate of drug-likeness (QED) is 0.852. The van der Waals surface area contributed by atoms with Crippen LogP contribution in [0.4, 0.5) is 19.3 Å². The van der Waals surface area contributed by atoms with Crippen LogP contribution in [0.3, 0.4) is 0 Å². The smallest absolute Gasteiger partial charge is 0.414 e. The fourth-order valence-corrected chi connectivity index (χ4v) is 2.91. The van der Waals surface area contributed by atoms with Crippen molar-refractivity contribution in [3.05, 3.63) is 29.6 Å². The van der Waals surface area contributed by atoms with E-state index in [4.69, 9.17) is 10.5 Å². The van der Waals surface area contributed by atoms with E-state index in [9.17, 15) is 18.4 Å². The van der Waals surface area contributed by atoms with E-state index < -0.39 is 29.4 Å². The van der Waals surface area contributed by atoms with Gasteiger partial charge in [0.2, 0.25) is 5.50 Å². The summed E-state index contributed by atoms with van der Waals surface area (Å²) in [6.07, 6.45) is -1.04. The van der Waals surface area contributed by atoms with E-state index in [1.807, 2.05) is 5.43 Å². The predicted molar refractivity (Wildman–Crippen MR) is 80.2 cm³/mol. The molecule has 23 heavy (non-hydrogen) atoms. The number of hydrogen-bond acceptors (Lipinski definition) is 6. The third kappa shape index (κ3) is 2.99. The molecule has 122 valence electrons. The Bertz CT molecular complexity index is 700. The molecular formula is C13H12F2N4O3S. The van der Waals surface area contributed by atoms with Crippen LogP contribution in [0.2, 0.25) is 0 Å². The predicted octanol–water partition coefficient (Wildman–Crippen LogP) is 0.930. The lowest BCUT2D eigenvalue weighted by molar-refractivity contribution is -0.123. The van der Waals surface area contributed by atoms with Gasteiger partial charge in [-0.1, -0.05) is 11.8 Å². The summed E-state index contributed by atoms with van der Waals surface area (Å²) in [5.41, 5.74) is 5.92. The van der Waals surface area contributed by atoms with E-state index in [1.165, 1.54) is 17.0 Å². The van der Waals surface area contributed by atoms with E-state index >= 15 is 0 Å². The molecule has 2 amide bonds. The highest BCUT2D eigenvalue weighted by molar-refractivity contribution is 8.15. The first kappa shape index (κ1) is 15.7. The van der Waals surface area contributed by atoms with Crippen LogP contribution < -0.4 is 16.1 Å². The molecule has 0 aromatic heterocycles. The number of alkyl halides is 1. The molecule has 1 fully saturated rings. The van der Waals surface area contributed by atoms with Gasteiger partial charge in [-0.2, -0.15) is 5.10 Å². The fraction of sp³-hybridized carbons (Fsp3) is 0.308. The molecule has 2 heterocycles. The highest BCUT2D eigenvalue weighted by Crippen LogP contribution is 2.28. The lowest BCUT2D eigenvalue weighted by Gasteiger charge is -2.17. The van der Waals surface area contributed by atoms with Crippen LogP contribution in [0.1, 0.15) is 5.56 Å². The number of anilines is 1. The van der Waals surface area contributed by atoms with Crippen LogP contribution >= 0.6 is 11.8 Å². The molecule has 1 aromatic carbocycles. The summed E-state index contributed by atoms with van der Waals surface area (Å²) >= 11 is 0.514. The number of amides is 2. The highest BCUT2D eigenvalue weighted by Gasteiger charge is 2.32. The van der Waals surface area contributed by atoms with Crippen molar-refractivity contribution in [3.8, 4) is 0 Å². The summed E-state index contributed by atoms with van der Waals surface area (Å²) < 4.78 is 32.7. The van der Waals surface area contributed by atoms with Crippen molar-refractivity contribution >= 4 is 34.5 Å². The van der Waals surface area contributed by atoms with Crippen LogP contribution in [0.5, 0.6) is 0 Å². The van der Waals surface area contributed by atoms with Gasteiger partial charge in [0.05, 0.1) is 12.2 Å². The molecule has 2 atom stereocenters. The Morgan fingerprint density at radius 2 is 2.26 bits per heavy atom. The van der Waals surface area contributed by atoms with Crippen LogP contribution in [0, 0.1) is 5.82 Å². The number of cyclic esters (lactones) is 1. The van der Waals surface area contributed by atoms with E-state index in [2.05, 4.69) is 5.10 Å². The second kappa shape index (κ2) is 6.13. The summed E-state index contributed by atoms with van der Waals surface area (Å²) in [4.78, 5) is 24.0. The topological polar surface area (TPSA) is 97.0 Å². The Kier molecular flexibility index (Phi) is 4.18. The van der Waals surface area contributed by atoms with Crippen LogP contribution in [0.25, 0.3) is 0 Å². The van der Waals surface area contributed by atoms with Gasteiger partial charge in [0.15, 0.2) is 0 Å². The van der Waals surface area contributed by atoms with Gasteiger partial charge >= 0.3 is 6.09 Å². The molecule has 2 unspecified atom stereocenters. The van der Waals surface area contributed by atoms with Crippen molar-refractivity contribution < 1.29 is 23.1 Å². The van der Waals surface area contributed by atoms with Crippen LogP contribution in [-0.2, 0) is 9.53 Å². The Morgan fingerprint density at radius 3 is 2.87 bits per heavy atom. The Hall–Kier alpha value is -2.20. The number of carbonyl (C=O) groups is 2. The largest absolute Gasteiger partial charge is 0.443 e. The van der Waals surface area contributed by atoms with E-state index in [0.29, 0.717) is 17.4 Å². The zero-order valence-electron chi connectivity index (χ0n) is 11.7. The first-order valence-electron chi connectivity index (χ1n) is 6.66. The molecule has 0 aliphatic carbocycles. The Balaban J connectivity index is 1.84. The number of hydrazone groups is 1. The molecule has 10 heteroatoms. The van der Waals surface area contributed by atoms with E-state index in [0.717, 1.165) is 6.07 Å². The zero-order valence-corrected chi connectivity index (χ0v) is 12.5. The second-order valence-electron chi connectivity index (χ2n) is 4.84. The van der Waals surface area contributed by atoms with Gasteiger partial charge in [-0.3, -0.25) is 9.69 Å². The monoisotopic (exact) mass is 342 g/mol. The molecule has 1 aromatic rings. The van der Waals surface area contributed by atoms with Crippen LogP contribution in [0.15, 0.2) is 23.3 Å². The van der Waals surface area contributed by atoms with Crippen molar-refractivity contribution in [1.29, 1.82) is 0 Å². The minimum atomic E-state index is -1.85. The minimum absolute atomic E-state index is 0.0185. The Labute approximate surface area is 133 Å². The van der Waals surface area contributed by atoms with Gasteiger partial charge < -0.3 is 10.5 Å². The molecule has 0 radical (unpaired) electrons. The number of carbonyl (C=O) groups excluding carboxylic acids is 2. The summed E-state index contributed by atoms with van der Waals surface area (Å²) in [6.45, 7) is 0.403. The summed E-state index contributed by atoms with van der Waals surface area (Å²) in [5.74, 6) is -1.58. The Morgan fingerprint density at radius 1 is 1.48 bits per heavy atom. The molecule has 3 rings (SSSR count). The minimum Gasteiger partial charge on any atom is -0.443 e. The molecule has 7 nitrogen and oxygen atoms in total. The second-order valence-corrected chi connectivity index (χ2v) is 5.88. The molecule has 2 aliphatic rings. The van der Waals surface area contributed by atoms with Crippen molar-refractivity contribution in [2.75, 3.05) is 18.0 Å². The maximum atomic E-state index is 14.3. The lowest BCUT2D eigenvalue weighted by atomic mass is 10.2. The number of benzene rings is 1. The van der Waals surface area contributed by atoms with Gasteiger partial charge in [0, 0.05) is 12.1 Å². The number of nitrogens with one attached hydrogen (secondary N) is 1. The fourth-order valence-electron chi connectivity index (χ4n) is 2.16. The number of halogens is 2. The standard InChI is InChI=1S/C13H12F2N4O3S/c14-9-3-6(19-5-7(4-16)22-13(19)21)1-2-8(9)12-18-17-11(20)10(15)23-12/h1-3,7,10H,4-5,16H2,(H,17,20). The third-order valence-corrected chi connectivity index (χ3v) is 4.28. The number of ether oxygens (including phenoxy) is 1. The van der Waals surface area contributed by atoms with Crippen molar-refractivity contribution in [2.45, 2.75) is 11.6 Å². The molecular weight excluding hydrogens is 330 g/mol. The molecule has 2 aliphatic heterocycles. The van der Waals surface area contributed by atoms with E-state index in [1.54, 1.807) is 0 Å². The first-order valence-corrected chi connectivity index (χ1v) is 7.54. The number of nitrogens with two attached hydrogens (primary N) is 1. The van der Waals surface area contributed by atoms with Crippen LogP contribution in [-0.4, -0.2) is 41.7 Å². The SMILES string of the molecule is NCC1CN(c2ccc(C3=NNC(=O)C(F)S3)c(F)c2)C(=O)O1. The maximum Gasteiger partial charge on any atom is 0.414 e. The van der Waals surface area contributed by atoms with Gasteiger partial charge in [0.25, 0.3) is 5.91 Å². The third-order valence-electron chi connectivity index (χ3n) is 3.32. The number of rotatable bonds is 3. The lowest BCUT2D eigenvalue weighted by Crippen LogP contribution is -2.32. The summed E-state index contributed by atoms with van der Waals surface area (Å²) in [6, 6.07) is 3.98. The summed E-state index contributed by atoms with van der Waals surface area (Å²) in [5, 5.41) is 3.66. The molecule has 0 bridgehead atoms. The maximum absolute atomic E-state index is 14.3. The van der Waals surface area contributed by atoms with Gasteiger partial charge in [0.1, 0.15) is 17.0 Å². The molecule has 1 saturated heterocycles. The zero-order chi connectivity index (χ0) is 16.6.